The van der Waals surface area contributed by atoms with Gasteiger partial charge in [-0.1, -0.05) is 60.4 Å². The van der Waals surface area contributed by atoms with Crippen LogP contribution in [0.4, 0.5) is 4.79 Å². The maximum atomic E-state index is 12.1. The molecule has 150 valence electrons. The number of nitrogens with one attached hydrogen (secondary N) is 1. The van der Waals surface area contributed by atoms with Gasteiger partial charge >= 0.3 is 6.09 Å². The number of methoxy groups -OCH3 is 1. The van der Waals surface area contributed by atoms with Crippen LogP contribution in [0.5, 0.6) is 11.5 Å². The van der Waals surface area contributed by atoms with Gasteiger partial charge in [0.15, 0.2) is 0 Å². The van der Waals surface area contributed by atoms with Crippen LogP contribution in [-0.2, 0) is 4.74 Å². The summed E-state index contributed by atoms with van der Waals surface area (Å²) in [6, 6.07) is 21.2. The van der Waals surface area contributed by atoms with Gasteiger partial charge in [-0.05, 0) is 40.5 Å². The van der Waals surface area contributed by atoms with Crippen LogP contribution < -0.4 is 10.1 Å². The third-order valence-electron chi connectivity index (χ3n) is 5.09. The van der Waals surface area contributed by atoms with Gasteiger partial charge < -0.3 is 19.9 Å². The molecular weight excluding hydrogens is 378 g/mol. The summed E-state index contributed by atoms with van der Waals surface area (Å²) in [5.74, 6) is 6.30. The summed E-state index contributed by atoms with van der Waals surface area (Å²) in [6.07, 6.45) is -0.527. The Kier molecular flexibility index (Phi) is 5.58. The summed E-state index contributed by atoms with van der Waals surface area (Å²) in [5.41, 5.74) is 5.14. The van der Waals surface area contributed by atoms with E-state index in [1.165, 1.54) is 28.3 Å². The Labute approximate surface area is 175 Å². The Hall–Kier alpha value is -3.91. The van der Waals surface area contributed by atoms with Crippen molar-refractivity contribution in [3.05, 3.63) is 83.4 Å². The molecule has 0 unspecified atom stereocenters. The third kappa shape index (κ3) is 3.94. The number of fused-ring (bicyclic) bond motifs is 3. The SMILES string of the molecule is COc1ccc(O)c(C#CCNC(=O)OCC2c3ccccc3-c3ccccc32)c1. The van der Waals surface area contributed by atoms with Crippen LogP contribution in [0.2, 0.25) is 0 Å². The molecule has 0 spiro atoms. The lowest BCUT2D eigenvalue weighted by atomic mass is 9.98. The first kappa shape index (κ1) is 19.4. The quantitative estimate of drug-likeness (QED) is 0.642. The van der Waals surface area contributed by atoms with E-state index in [1.54, 1.807) is 19.2 Å². The van der Waals surface area contributed by atoms with E-state index < -0.39 is 6.09 Å². The van der Waals surface area contributed by atoms with E-state index in [0.29, 0.717) is 11.3 Å². The van der Waals surface area contributed by atoms with Crippen LogP contribution in [0.1, 0.15) is 22.6 Å². The minimum atomic E-state index is -0.527. The zero-order valence-corrected chi connectivity index (χ0v) is 16.5. The topological polar surface area (TPSA) is 67.8 Å². The molecule has 0 fully saturated rings. The lowest BCUT2D eigenvalue weighted by Gasteiger charge is -2.14. The average Bonchev–Trinajstić information content (AvgIpc) is 3.10. The van der Waals surface area contributed by atoms with Crippen molar-refractivity contribution in [2.45, 2.75) is 5.92 Å². The number of aromatic hydroxyl groups is 1. The molecule has 0 saturated carbocycles. The predicted octanol–water partition coefficient (Wildman–Crippen LogP) is 4.29. The van der Waals surface area contributed by atoms with Crippen LogP contribution >= 0.6 is 0 Å². The summed E-state index contributed by atoms with van der Waals surface area (Å²) >= 11 is 0. The molecule has 0 aliphatic heterocycles. The second-order valence-electron chi connectivity index (χ2n) is 6.86. The molecule has 0 bridgehead atoms. The van der Waals surface area contributed by atoms with E-state index in [1.807, 2.05) is 24.3 Å². The summed E-state index contributed by atoms with van der Waals surface area (Å²) < 4.78 is 10.6. The Morgan fingerprint density at radius 1 is 1.03 bits per heavy atom. The predicted molar refractivity (Wildman–Crippen MR) is 115 cm³/mol. The zero-order chi connectivity index (χ0) is 20.9. The molecule has 2 N–H and O–H groups in total. The monoisotopic (exact) mass is 399 g/mol. The van der Waals surface area contributed by atoms with Crippen molar-refractivity contribution in [1.29, 1.82) is 0 Å². The van der Waals surface area contributed by atoms with Crippen molar-refractivity contribution in [2.24, 2.45) is 0 Å². The highest BCUT2D eigenvalue weighted by Gasteiger charge is 2.28. The summed E-state index contributed by atoms with van der Waals surface area (Å²) in [4.78, 5) is 12.1. The first-order chi connectivity index (χ1) is 14.7. The van der Waals surface area contributed by atoms with Gasteiger partial charge in [-0.15, -0.1) is 0 Å². The lowest BCUT2D eigenvalue weighted by molar-refractivity contribution is 0.144. The molecular formula is C25H21NO4. The van der Waals surface area contributed by atoms with E-state index in [-0.39, 0.29) is 24.8 Å². The van der Waals surface area contributed by atoms with Crippen molar-refractivity contribution >= 4 is 6.09 Å². The molecule has 5 nitrogen and oxygen atoms in total. The number of hydrogen-bond donors (Lipinski definition) is 2. The van der Waals surface area contributed by atoms with Gasteiger partial charge in [0, 0.05) is 5.92 Å². The second kappa shape index (κ2) is 8.62. The first-order valence-corrected chi connectivity index (χ1v) is 9.62. The summed E-state index contributed by atoms with van der Waals surface area (Å²) in [7, 11) is 1.54. The zero-order valence-electron chi connectivity index (χ0n) is 16.5. The molecule has 0 radical (unpaired) electrons. The van der Waals surface area contributed by atoms with Crippen LogP contribution in [0.15, 0.2) is 66.7 Å². The molecule has 0 heterocycles. The minimum Gasteiger partial charge on any atom is -0.507 e. The van der Waals surface area contributed by atoms with E-state index in [0.717, 1.165) is 0 Å². The fourth-order valence-corrected chi connectivity index (χ4v) is 3.65. The molecule has 3 aromatic carbocycles. The molecule has 1 aliphatic carbocycles. The minimum absolute atomic E-state index is 0.0166. The molecule has 5 heteroatoms. The number of phenolic OH excluding ortho intramolecular Hbond substituents is 1. The molecule has 1 aliphatic rings. The van der Waals surface area contributed by atoms with Crippen molar-refractivity contribution < 1.29 is 19.4 Å². The third-order valence-corrected chi connectivity index (χ3v) is 5.09. The number of amides is 1. The highest BCUT2D eigenvalue weighted by Crippen LogP contribution is 2.44. The van der Waals surface area contributed by atoms with Gasteiger partial charge in [-0.2, -0.15) is 0 Å². The van der Waals surface area contributed by atoms with Crippen molar-refractivity contribution in [2.75, 3.05) is 20.3 Å². The van der Waals surface area contributed by atoms with Crippen molar-refractivity contribution in [3.8, 4) is 34.5 Å². The largest absolute Gasteiger partial charge is 0.507 e. The first-order valence-electron chi connectivity index (χ1n) is 9.62. The number of benzene rings is 3. The molecule has 0 aromatic heterocycles. The van der Waals surface area contributed by atoms with Gasteiger partial charge in [0.1, 0.15) is 18.1 Å². The number of alkyl carbamates (subject to hydrolysis) is 1. The van der Waals surface area contributed by atoms with Crippen LogP contribution in [0.3, 0.4) is 0 Å². The van der Waals surface area contributed by atoms with E-state index in [4.69, 9.17) is 9.47 Å². The molecule has 0 atom stereocenters. The van der Waals surface area contributed by atoms with E-state index >= 15 is 0 Å². The Bertz CT molecular complexity index is 1100. The normalized spacial score (nSPS) is 11.6. The second-order valence-corrected chi connectivity index (χ2v) is 6.86. The van der Waals surface area contributed by atoms with Crippen LogP contribution in [0.25, 0.3) is 11.1 Å². The Morgan fingerprint density at radius 3 is 2.37 bits per heavy atom. The van der Waals surface area contributed by atoms with Crippen LogP contribution in [0, 0.1) is 11.8 Å². The van der Waals surface area contributed by atoms with Crippen LogP contribution in [-0.4, -0.2) is 31.5 Å². The van der Waals surface area contributed by atoms with Crippen molar-refractivity contribution in [3.63, 3.8) is 0 Å². The van der Waals surface area contributed by atoms with Gasteiger partial charge in [-0.25, -0.2) is 4.79 Å². The number of rotatable bonds is 4. The lowest BCUT2D eigenvalue weighted by Crippen LogP contribution is -2.26. The Balaban J connectivity index is 1.35. The number of phenols is 1. The van der Waals surface area contributed by atoms with Crippen molar-refractivity contribution in [1.82, 2.24) is 5.32 Å². The van der Waals surface area contributed by atoms with E-state index in [2.05, 4.69) is 41.4 Å². The standard InChI is InChI=1S/C25H21NO4/c1-29-18-12-13-24(27)17(15-18)7-6-14-26-25(28)30-16-23-21-10-4-2-8-19(21)20-9-3-5-11-22(20)23/h2-5,8-13,15,23,27H,14,16H2,1H3,(H,26,28). The highest BCUT2D eigenvalue weighted by molar-refractivity contribution is 5.79. The number of carbonyl (C=O) groups is 1. The fourth-order valence-electron chi connectivity index (χ4n) is 3.65. The van der Waals surface area contributed by atoms with E-state index in [9.17, 15) is 9.90 Å². The van der Waals surface area contributed by atoms with Gasteiger partial charge in [0.2, 0.25) is 0 Å². The smallest absolute Gasteiger partial charge is 0.407 e. The fraction of sp³-hybridized carbons (Fsp3) is 0.160. The van der Waals surface area contributed by atoms with Gasteiger partial charge in [0.05, 0.1) is 19.2 Å². The summed E-state index contributed by atoms with van der Waals surface area (Å²) in [6.45, 7) is 0.358. The highest BCUT2D eigenvalue weighted by atomic mass is 16.5. The maximum absolute atomic E-state index is 12.1. The maximum Gasteiger partial charge on any atom is 0.407 e. The molecule has 30 heavy (non-hydrogen) atoms. The number of hydrogen-bond acceptors (Lipinski definition) is 4. The molecule has 3 aromatic rings. The Morgan fingerprint density at radius 2 is 1.70 bits per heavy atom. The van der Waals surface area contributed by atoms with Gasteiger partial charge in [-0.3, -0.25) is 0 Å². The number of ether oxygens (including phenoxy) is 2. The molecule has 4 rings (SSSR count). The number of carbonyl (C=O) groups excluding carboxylic acids is 1. The van der Waals surface area contributed by atoms with Gasteiger partial charge in [0.25, 0.3) is 0 Å². The average molecular weight is 399 g/mol. The molecule has 1 amide bonds. The molecule has 0 saturated heterocycles. The summed E-state index contributed by atoms with van der Waals surface area (Å²) in [5, 5.41) is 12.5.